The molecule has 2 fully saturated rings. The van der Waals surface area contributed by atoms with Gasteiger partial charge in [-0.3, -0.25) is 14.9 Å². The fraction of sp³-hybridized carbons (Fsp3) is 0.529. The highest BCUT2D eigenvalue weighted by Crippen LogP contribution is 2.48. The zero-order valence-electron chi connectivity index (χ0n) is 13.4. The van der Waals surface area contributed by atoms with Gasteiger partial charge in [0.1, 0.15) is 0 Å². The van der Waals surface area contributed by atoms with Crippen LogP contribution in [0.25, 0.3) is 0 Å². The third kappa shape index (κ3) is 3.11. The van der Waals surface area contributed by atoms with Crippen LogP contribution in [0, 0.1) is 34.8 Å². The second-order valence-electron chi connectivity index (χ2n) is 6.73. The summed E-state index contributed by atoms with van der Waals surface area (Å²) in [6.07, 6.45) is 5.10. The van der Waals surface area contributed by atoms with Gasteiger partial charge in [-0.05, 0) is 57.1 Å². The summed E-state index contributed by atoms with van der Waals surface area (Å²) in [7, 11) is 0. The standard InChI is InChI=1S/C17H21N3O3/c1-10-7-14(5-6-16(10)20(22)23)17(21)19-18-11(2)15-9-12-3-4-13(15)8-12/h5-7,12-13,15H,3-4,8-9H2,1-2H3,(H,19,21)/b18-11-/t12-,13-,15+/m1/s1. The minimum atomic E-state index is -0.450. The predicted octanol–water partition coefficient (Wildman–Crippen LogP) is 3.45. The number of fused-ring (bicyclic) bond motifs is 2. The van der Waals surface area contributed by atoms with Crippen molar-refractivity contribution in [1.82, 2.24) is 5.43 Å². The van der Waals surface area contributed by atoms with Gasteiger partial charge in [-0.15, -0.1) is 0 Å². The average Bonchev–Trinajstić information content (AvgIpc) is 3.14. The Morgan fingerprint density at radius 1 is 1.35 bits per heavy atom. The number of hydrogen-bond acceptors (Lipinski definition) is 4. The van der Waals surface area contributed by atoms with Crippen molar-refractivity contribution < 1.29 is 9.72 Å². The third-order valence-electron chi connectivity index (χ3n) is 5.26. The molecule has 1 aromatic rings. The maximum atomic E-state index is 12.2. The number of benzene rings is 1. The molecule has 0 unspecified atom stereocenters. The molecule has 2 saturated carbocycles. The summed E-state index contributed by atoms with van der Waals surface area (Å²) in [6.45, 7) is 3.60. The number of hydrogen-bond donors (Lipinski definition) is 1. The fourth-order valence-electron chi connectivity index (χ4n) is 4.04. The second-order valence-corrected chi connectivity index (χ2v) is 6.73. The molecule has 0 aromatic heterocycles. The normalized spacial score (nSPS) is 26.3. The monoisotopic (exact) mass is 315 g/mol. The van der Waals surface area contributed by atoms with Crippen molar-refractivity contribution in [2.75, 3.05) is 0 Å². The lowest BCUT2D eigenvalue weighted by Gasteiger charge is -2.21. The zero-order valence-corrected chi connectivity index (χ0v) is 13.4. The van der Waals surface area contributed by atoms with Gasteiger partial charge in [0.2, 0.25) is 0 Å². The molecule has 2 bridgehead atoms. The molecule has 0 saturated heterocycles. The number of nitro benzene ring substituents is 1. The molecule has 2 aliphatic rings. The summed E-state index contributed by atoms with van der Waals surface area (Å²) in [4.78, 5) is 22.5. The van der Waals surface area contributed by atoms with Crippen molar-refractivity contribution >= 4 is 17.3 Å². The van der Waals surface area contributed by atoms with Crippen molar-refractivity contribution in [3.05, 3.63) is 39.4 Å². The van der Waals surface area contributed by atoms with Crippen LogP contribution >= 0.6 is 0 Å². The quantitative estimate of drug-likeness (QED) is 0.524. The van der Waals surface area contributed by atoms with E-state index in [-0.39, 0.29) is 11.6 Å². The minimum Gasteiger partial charge on any atom is -0.267 e. The van der Waals surface area contributed by atoms with Crippen LogP contribution in [-0.2, 0) is 0 Å². The molecule has 3 rings (SSSR count). The van der Waals surface area contributed by atoms with Crippen LogP contribution in [0.5, 0.6) is 0 Å². The van der Waals surface area contributed by atoms with Gasteiger partial charge in [0.25, 0.3) is 11.6 Å². The van der Waals surface area contributed by atoms with Crippen molar-refractivity contribution in [3.8, 4) is 0 Å². The van der Waals surface area contributed by atoms with E-state index in [1.807, 2.05) is 6.92 Å². The molecule has 1 amide bonds. The number of hydrazone groups is 1. The Bertz CT molecular complexity index is 684. The number of nitrogens with zero attached hydrogens (tertiary/aromatic N) is 2. The molecule has 0 heterocycles. The molecule has 0 spiro atoms. The number of nitro groups is 1. The molecular weight excluding hydrogens is 294 g/mol. The van der Waals surface area contributed by atoms with E-state index >= 15 is 0 Å². The number of nitrogens with one attached hydrogen (secondary N) is 1. The first-order valence-electron chi connectivity index (χ1n) is 8.05. The predicted molar refractivity (Wildman–Crippen MR) is 87.3 cm³/mol. The SMILES string of the molecule is C/C(=N/NC(=O)c1ccc([N+](=O)[O-])c(C)c1)[C@@H]1C[C@@H]2CC[C@@H]1C2. The Morgan fingerprint density at radius 2 is 2.13 bits per heavy atom. The van der Waals surface area contributed by atoms with Crippen LogP contribution in [0.2, 0.25) is 0 Å². The summed E-state index contributed by atoms with van der Waals surface area (Å²) in [5.41, 5.74) is 4.45. The lowest BCUT2D eigenvalue weighted by molar-refractivity contribution is -0.385. The molecule has 0 aliphatic heterocycles. The molecule has 1 N–H and O–H groups in total. The van der Waals surface area contributed by atoms with E-state index in [2.05, 4.69) is 10.5 Å². The Balaban J connectivity index is 1.66. The van der Waals surface area contributed by atoms with Gasteiger partial charge >= 0.3 is 0 Å². The van der Waals surface area contributed by atoms with Gasteiger partial charge in [0.15, 0.2) is 0 Å². The smallest absolute Gasteiger partial charge is 0.267 e. The van der Waals surface area contributed by atoms with Gasteiger partial charge in [-0.1, -0.05) is 6.42 Å². The van der Waals surface area contributed by atoms with Crippen LogP contribution in [0.4, 0.5) is 5.69 Å². The Labute approximate surface area is 135 Å². The highest BCUT2D eigenvalue weighted by molar-refractivity contribution is 5.96. The van der Waals surface area contributed by atoms with Crippen molar-refractivity contribution in [3.63, 3.8) is 0 Å². The fourth-order valence-corrected chi connectivity index (χ4v) is 4.04. The summed E-state index contributed by atoms with van der Waals surface area (Å²) in [6, 6.07) is 4.34. The Hall–Kier alpha value is -2.24. The lowest BCUT2D eigenvalue weighted by Crippen LogP contribution is -2.24. The first-order chi connectivity index (χ1) is 11.0. The maximum absolute atomic E-state index is 12.2. The van der Waals surface area contributed by atoms with Gasteiger partial charge < -0.3 is 0 Å². The van der Waals surface area contributed by atoms with Gasteiger partial charge in [-0.2, -0.15) is 5.10 Å². The molecule has 122 valence electrons. The first kappa shape index (κ1) is 15.6. The highest BCUT2D eigenvalue weighted by atomic mass is 16.6. The molecule has 1 aromatic carbocycles. The molecule has 6 heteroatoms. The van der Waals surface area contributed by atoms with E-state index in [0.29, 0.717) is 17.0 Å². The molecule has 2 aliphatic carbocycles. The number of carbonyl (C=O) groups excluding carboxylic acids is 1. The minimum absolute atomic E-state index is 0.0169. The van der Waals surface area contributed by atoms with Gasteiger partial charge in [0.05, 0.1) is 4.92 Å². The van der Waals surface area contributed by atoms with Crippen LogP contribution < -0.4 is 5.43 Å². The van der Waals surface area contributed by atoms with E-state index in [4.69, 9.17) is 0 Å². The highest BCUT2D eigenvalue weighted by Gasteiger charge is 2.40. The third-order valence-corrected chi connectivity index (χ3v) is 5.26. The van der Waals surface area contributed by atoms with Gasteiger partial charge in [-0.25, -0.2) is 5.43 Å². The summed E-state index contributed by atoms with van der Waals surface area (Å²) >= 11 is 0. The maximum Gasteiger partial charge on any atom is 0.272 e. The van der Waals surface area contributed by atoms with Crippen molar-refractivity contribution in [2.24, 2.45) is 22.9 Å². The van der Waals surface area contributed by atoms with E-state index in [1.165, 1.54) is 43.9 Å². The van der Waals surface area contributed by atoms with Crippen LogP contribution in [0.3, 0.4) is 0 Å². The van der Waals surface area contributed by atoms with Gasteiger partial charge in [0, 0.05) is 28.8 Å². The van der Waals surface area contributed by atoms with E-state index in [1.54, 1.807) is 6.92 Å². The van der Waals surface area contributed by atoms with E-state index < -0.39 is 4.92 Å². The molecule has 0 radical (unpaired) electrons. The zero-order chi connectivity index (χ0) is 16.6. The summed E-state index contributed by atoms with van der Waals surface area (Å²) in [5, 5.41) is 15.1. The Morgan fingerprint density at radius 3 is 2.70 bits per heavy atom. The summed E-state index contributed by atoms with van der Waals surface area (Å²) < 4.78 is 0. The van der Waals surface area contributed by atoms with Crippen LogP contribution in [0.1, 0.15) is 48.5 Å². The van der Waals surface area contributed by atoms with Crippen LogP contribution in [0.15, 0.2) is 23.3 Å². The van der Waals surface area contributed by atoms with Crippen LogP contribution in [-0.4, -0.2) is 16.5 Å². The van der Waals surface area contributed by atoms with E-state index in [0.717, 1.165) is 17.5 Å². The molecule has 6 nitrogen and oxygen atoms in total. The summed E-state index contributed by atoms with van der Waals surface area (Å²) in [5.74, 6) is 1.73. The molecule has 23 heavy (non-hydrogen) atoms. The number of carbonyl (C=O) groups is 1. The largest absolute Gasteiger partial charge is 0.272 e. The lowest BCUT2D eigenvalue weighted by atomic mass is 9.86. The second kappa shape index (κ2) is 6.10. The Kier molecular flexibility index (Phi) is 4.15. The first-order valence-corrected chi connectivity index (χ1v) is 8.05. The number of rotatable bonds is 4. The topological polar surface area (TPSA) is 84.6 Å². The number of amides is 1. The number of aryl methyl sites for hydroxylation is 1. The molecular formula is C17H21N3O3. The van der Waals surface area contributed by atoms with E-state index in [9.17, 15) is 14.9 Å². The molecule has 3 atom stereocenters. The average molecular weight is 315 g/mol. The van der Waals surface area contributed by atoms with Crippen molar-refractivity contribution in [1.29, 1.82) is 0 Å². The van der Waals surface area contributed by atoms with Crippen molar-refractivity contribution in [2.45, 2.75) is 39.5 Å².